The molecule has 1 saturated carbocycles. The molecular weight excluding hydrogens is 338 g/mol. The summed E-state index contributed by atoms with van der Waals surface area (Å²) in [5.41, 5.74) is 0.359. The van der Waals surface area contributed by atoms with Crippen LogP contribution >= 0.6 is 11.3 Å². The smallest absolute Gasteiger partial charge is 0.280 e. The normalized spacial score (nSPS) is 17.4. The van der Waals surface area contributed by atoms with Crippen molar-refractivity contribution in [3.8, 4) is 0 Å². The maximum absolute atomic E-state index is 12.6. The molecule has 7 nitrogen and oxygen atoms in total. The summed E-state index contributed by atoms with van der Waals surface area (Å²) in [7, 11) is 0. The molecule has 0 bridgehead atoms. The van der Waals surface area contributed by atoms with Gasteiger partial charge in [0.25, 0.3) is 11.8 Å². The Balaban J connectivity index is 1.36. The number of nitrogens with zero attached hydrogens (tertiary/aromatic N) is 4. The molecule has 0 unspecified atom stereocenters. The summed E-state index contributed by atoms with van der Waals surface area (Å²) in [6.07, 6.45) is 3.84. The highest BCUT2D eigenvalue weighted by Crippen LogP contribution is 2.21. The zero-order valence-electron chi connectivity index (χ0n) is 13.7. The Kier molecular flexibility index (Phi) is 4.35. The molecule has 0 atom stereocenters. The molecule has 2 aromatic rings. The molecule has 8 heteroatoms. The highest BCUT2D eigenvalue weighted by molar-refractivity contribution is 7.11. The summed E-state index contributed by atoms with van der Waals surface area (Å²) in [5.74, 6) is 0.649. The molecule has 1 saturated heterocycles. The van der Waals surface area contributed by atoms with Crippen molar-refractivity contribution in [1.82, 2.24) is 20.2 Å². The number of hydrogen-bond acceptors (Lipinski definition) is 6. The molecular formula is C17H19N5O2S. The van der Waals surface area contributed by atoms with E-state index >= 15 is 0 Å². The summed E-state index contributed by atoms with van der Waals surface area (Å²) in [6, 6.07) is 6.12. The lowest BCUT2D eigenvalue weighted by molar-refractivity contribution is 0.0741. The number of piperazine rings is 1. The van der Waals surface area contributed by atoms with Crippen LogP contribution in [0.4, 0.5) is 5.82 Å². The number of rotatable bonds is 4. The van der Waals surface area contributed by atoms with E-state index < -0.39 is 0 Å². The molecule has 1 aliphatic heterocycles. The topological polar surface area (TPSA) is 78.4 Å². The van der Waals surface area contributed by atoms with Crippen LogP contribution in [-0.4, -0.2) is 58.9 Å². The van der Waals surface area contributed by atoms with Gasteiger partial charge in [0.15, 0.2) is 5.01 Å². The first kappa shape index (κ1) is 16.0. The summed E-state index contributed by atoms with van der Waals surface area (Å²) >= 11 is 1.23. The molecule has 0 spiro atoms. The molecule has 1 aliphatic carbocycles. The zero-order chi connectivity index (χ0) is 17.2. The van der Waals surface area contributed by atoms with Crippen molar-refractivity contribution in [3.63, 3.8) is 0 Å². The molecule has 0 radical (unpaired) electrons. The van der Waals surface area contributed by atoms with Crippen molar-refractivity contribution < 1.29 is 9.59 Å². The number of aromatic nitrogens is 2. The second-order valence-electron chi connectivity index (χ2n) is 6.25. The van der Waals surface area contributed by atoms with Gasteiger partial charge < -0.3 is 15.1 Å². The summed E-state index contributed by atoms with van der Waals surface area (Å²) in [5, 5.41) is 4.94. The number of hydrogen-bond donors (Lipinski definition) is 1. The van der Waals surface area contributed by atoms with E-state index in [0.717, 1.165) is 31.7 Å². The second-order valence-corrected chi connectivity index (χ2v) is 7.11. The van der Waals surface area contributed by atoms with E-state index in [2.05, 4.69) is 20.2 Å². The lowest BCUT2D eigenvalue weighted by atomic mass is 10.3. The summed E-state index contributed by atoms with van der Waals surface area (Å²) in [6.45, 7) is 2.72. The molecule has 3 heterocycles. The number of nitrogens with one attached hydrogen (secondary N) is 1. The van der Waals surface area contributed by atoms with E-state index in [9.17, 15) is 9.59 Å². The van der Waals surface area contributed by atoms with Crippen LogP contribution in [0.2, 0.25) is 0 Å². The molecule has 25 heavy (non-hydrogen) atoms. The van der Waals surface area contributed by atoms with Crippen LogP contribution in [0, 0.1) is 0 Å². The fourth-order valence-corrected chi connectivity index (χ4v) is 3.49. The van der Waals surface area contributed by atoms with Gasteiger partial charge in [-0.05, 0) is 25.0 Å². The molecule has 2 aromatic heterocycles. The van der Waals surface area contributed by atoms with Crippen LogP contribution in [0.1, 0.15) is 33.1 Å². The van der Waals surface area contributed by atoms with Crippen LogP contribution in [0.15, 0.2) is 29.8 Å². The average molecular weight is 357 g/mol. The number of carbonyl (C=O) groups excluding carboxylic acids is 2. The van der Waals surface area contributed by atoms with Gasteiger partial charge in [-0.1, -0.05) is 6.07 Å². The van der Waals surface area contributed by atoms with Gasteiger partial charge in [-0.2, -0.15) is 0 Å². The van der Waals surface area contributed by atoms with Gasteiger partial charge in [0, 0.05) is 43.8 Å². The number of thiazole rings is 1. The van der Waals surface area contributed by atoms with E-state index in [1.165, 1.54) is 11.3 Å². The van der Waals surface area contributed by atoms with Crippen LogP contribution in [-0.2, 0) is 0 Å². The van der Waals surface area contributed by atoms with Crippen LogP contribution < -0.4 is 10.2 Å². The number of anilines is 1. The fourth-order valence-electron chi connectivity index (χ4n) is 2.79. The van der Waals surface area contributed by atoms with Gasteiger partial charge in [0.05, 0.1) is 0 Å². The Morgan fingerprint density at radius 3 is 2.64 bits per heavy atom. The number of amides is 2. The standard InChI is InChI=1S/C17H19N5O2S/c23-15(19-12-4-5-12)16-20-13(11-25-16)17(24)22-9-7-21(8-10-22)14-3-1-2-6-18-14/h1-3,6,11-12H,4-5,7-10H2,(H,19,23). The minimum Gasteiger partial charge on any atom is -0.353 e. The average Bonchev–Trinajstić information content (AvgIpc) is 3.33. The van der Waals surface area contributed by atoms with Gasteiger partial charge in [-0.25, -0.2) is 9.97 Å². The monoisotopic (exact) mass is 357 g/mol. The highest BCUT2D eigenvalue weighted by Gasteiger charge is 2.27. The maximum Gasteiger partial charge on any atom is 0.280 e. The SMILES string of the molecule is O=C(NC1CC1)c1nc(C(=O)N2CCN(c3ccccn3)CC2)cs1. The van der Waals surface area contributed by atoms with Gasteiger partial charge in [0.2, 0.25) is 0 Å². The first-order valence-corrected chi connectivity index (χ1v) is 9.30. The third kappa shape index (κ3) is 3.63. The maximum atomic E-state index is 12.6. The predicted octanol–water partition coefficient (Wildman–Crippen LogP) is 1.39. The number of pyridine rings is 1. The van der Waals surface area contributed by atoms with Crippen molar-refractivity contribution in [2.45, 2.75) is 18.9 Å². The van der Waals surface area contributed by atoms with E-state index in [1.807, 2.05) is 18.2 Å². The van der Waals surface area contributed by atoms with E-state index in [0.29, 0.717) is 23.8 Å². The fraction of sp³-hybridized carbons (Fsp3) is 0.412. The molecule has 130 valence electrons. The first-order valence-electron chi connectivity index (χ1n) is 8.42. The predicted molar refractivity (Wildman–Crippen MR) is 95.0 cm³/mol. The largest absolute Gasteiger partial charge is 0.353 e. The van der Waals surface area contributed by atoms with E-state index in [4.69, 9.17) is 0 Å². The van der Waals surface area contributed by atoms with Crippen LogP contribution in [0.25, 0.3) is 0 Å². The van der Waals surface area contributed by atoms with Crippen molar-refractivity contribution in [3.05, 3.63) is 40.5 Å². The highest BCUT2D eigenvalue weighted by atomic mass is 32.1. The van der Waals surface area contributed by atoms with Crippen molar-refractivity contribution in [1.29, 1.82) is 0 Å². The number of carbonyl (C=O) groups is 2. The third-order valence-corrected chi connectivity index (χ3v) is 5.21. The van der Waals surface area contributed by atoms with Crippen molar-refractivity contribution in [2.24, 2.45) is 0 Å². The summed E-state index contributed by atoms with van der Waals surface area (Å²) in [4.78, 5) is 37.2. The molecule has 1 N–H and O–H groups in total. The second kappa shape index (κ2) is 6.79. The molecule has 2 fully saturated rings. The quantitative estimate of drug-likeness (QED) is 0.895. The molecule has 0 aromatic carbocycles. The first-order chi connectivity index (χ1) is 12.2. The molecule has 4 rings (SSSR count). The van der Waals surface area contributed by atoms with Crippen LogP contribution in [0.3, 0.4) is 0 Å². The van der Waals surface area contributed by atoms with Crippen molar-refractivity contribution >= 4 is 29.0 Å². The van der Waals surface area contributed by atoms with Gasteiger partial charge in [-0.3, -0.25) is 9.59 Å². The zero-order valence-corrected chi connectivity index (χ0v) is 14.5. The Hall–Kier alpha value is -2.48. The molecule has 2 amide bonds. The minimum atomic E-state index is -0.175. The Bertz CT molecular complexity index is 766. The lowest BCUT2D eigenvalue weighted by Crippen LogP contribution is -2.49. The third-order valence-electron chi connectivity index (χ3n) is 4.37. The van der Waals surface area contributed by atoms with Gasteiger partial charge >= 0.3 is 0 Å². The molecule has 2 aliphatic rings. The Morgan fingerprint density at radius 2 is 1.96 bits per heavy atom. The van der Waals surface area contributed by atoms with Crippen molar-refractivity contribution in [2.75, 3.05) is 31.1 Å². The van der Waals surface area contributed by atoms with E-state index in [-0.39, 0.29) is 17.9 Å². The minimum absolute atomic E-state index is 0.109. The Labute approximate surface area is 149 Å². The Morgan fingerprint density at radius 1 is 1.16 bits per heavy atom. The lowest BCUT2D eigenvalue weighted by Gasteiger charge is -2.35. The van der Waals surface area contributed by atoms with Crippen LogP contribution in [0.5, 0.6) is 0 Å². The summed E-state index contributed by atoms with van der Waals surface area (Å²) < 4.78 is 0. The van der Waals surface area contributed by atoms with E-state index in [1.54, 1.807) is 16.5 Å². The van der Waals surface area contributed by atoms with Gasteiger partial charge in [0.1, 0.15) is 11.5 Å². The van der Waals surface area contributed by atoms with Gasteiger partial charge in [-0.15, -0.1) is 11.3 Å².